The monoisotopic (exact) mass is 426 g/mol. The van der Waals surface area contributed by atoms with Crippen molar-refractivity contribution in [1.82, 2.24) is 4.90 Å². The van der Waals surface area contributed by atoms with Gasteiger partial charge in [0.2, 0.25) is 0 Å². The number of nitriles is 1. The SMILES string of the molecule is COc1cccc(OC)c1C(=O)OCC(=O)N(CCC#N)C12CC3CC(CC(C3)C1)C2. The van der Waals surface area contributed by atoms with E-state index in [-0.39, 0.29) is 30.0 Å². The van der Waals surface area contributed by atoms with E-state index >= 15 is 0 Å². The standard InChI is InChI=1S/C24H30N2O5/c1-29-19-5-3-6-20(30-2)22(19)23(28)31-15-21(27)26(8-4-7-25)24-12-16-9-17(13-24)11-18(10-16)14-24/h3,5-6,16-18H,4,8-15H2,1-2H3. The summed E-state index contributed by atoms with van der Waals surface area (Å²) in [6, 6.07) is 7.19. The van der Waals surface area contributed by atoms with Gasteiger partial charge in [0.1, 0.15) is 17.1 Å². The van der Waals surface area contributed by atoms with Gasteiger partial charge in [-0.15, -0.1) is 0 Å². The van der Waals surface area contributed by atoms with Crippen molar-refractivity contribution in [2.24, 2.45) is 17.8 Å². The van der Waals surface area contributed by atoms with Crippen LogP contribution in [0.2, 0.25) is 0 Å². The number of carbonyl (C=O) groups excluding carboxylic acids is 2. The number of benzene rings is 1. The van der Waals surface area contributed by atoms with Gasteiger partial charge in [-0.25, -0.2) is 4.79 Å². The first-order chi connectivity index (χ1) is 15.0. The second kappa shape index (κ2) is 8.78. The van der Waals surface area contributed by atoms with Crippen molar-refractivity contribution in [3.63, 3.8) is 0 Å². The van der Waals surface area contributed by atoms with Crippen LogP contribution in [0, 0.1) is 29.1 Å². The molecule has 0 radical (unpaired) electrons. The fourth-order valence-corrected chi connectivity index (χ4v) is 6.51. The molecule has 5 rings (SSSR count). The Kier molecular flexibility index (Phi) is 6.08. The Morgan fingerprint density at radius 1 is 1.06 bits per heavy atom. The highest BCUT2D eigenvalue weighted by molar-refractivity contribution is 5.96. The molecule has 4 aliphatic rings. The van der Waals surface area contributed by atoms with Crippen LogP contribution in [0.3, 0.4) is 0 Å². The van der Waals surface area contributed by atoms with Crippen LogP contribution in [0.15, 0.2) is 18.2 Å². The molecule has 0 aliphatic heterocycles. The van der Waals surface area contributed by atoms with Gasteiger partial charge in [-0.2, -0.15) is 5.26 Å². The maximum Gasteiger partial charge on any atom is 0.346 e. The van der Waals surface area contributed by atoms with Crippen LogP contribution < -0.4 is 9.47 Å². The van der Waals surface area contributed by atoms with Gasteiger partial charge in [0.15, 0.2) is 6.61 Å². The van der Waals surface area contributed by atoms with E-state index in [2.05, 4.69) is 6.07 Å². The van der Waals surface area contributed by atoms with Crippen molar-refractivity contribution in [3.05, 3.63) is 23.8 Å². The summed E-state index contributed by atoms with van der Waals surface area (Å²) >= 11 is 0. The van der Waals surface area contributed by atoms with Crippen molar-refractivity contribution in [1.29, 1.82) is 5.26 Å². The highest BCUT2D eigenvalue weighted by Gasteiger charge is 2.54. The second-order valence-corrected chi connectivity index (χ2v) is 9.21. The molecule has 1 aromatic rings. The molecule has 0 heterocycles. The summed E-state index contributed by atoms with van der Waals surface area (Å²) in [6.07, 6.45) is 7.09. The third-order valence-electron chi connectivity index (χ3n) is 7.29. The Hall–Kier alpha value is -2.75. The Morgan fingerprint density at radius 2 is 1.61 bits per heavy atom. The summed E-state index contributed by atoms with van der Waals surface area (Å²) in [7, 11) is 2.93. The van der Waals surface area contributed by atoms with Gasteiger partial charge < -0.3 is 19.1 Å². The van der Waals surface area contributed by atoms with Crippen LogP contribution in [-0.4, -0.2) is 49.7 Å². The lowest BCUT2D eigenvalue weighted by Gasteiger charge is -2.60. The highest BCUT2D eigenvalue weighted by Crippen LogP contribution is 2.57. The van der Waals surface area contributed by atoms with Crippen molar-refractivity contribution >= 4 is 11.9 Å². The number of nitrogens with zero attached hydrogens (tertiary/aromatic N) is 2. The van der Waals surface area contributed by atoms with E-state index in [0.717, 1.165) is 19.3 Å². The molecule has 0 unspecified atom stereocenters. The maximum absolute atomic E-state index is 13.3. The fraction of sp³-hybridized carbons (Fsp3) is 0.625. The number of methoxy groups -OCH3 is 2. The van der Waals surface area contributed by atoms with Crippen molar-refractivity contribution in [2.75, 3.05) is 27.4 Å². The maximum atomic E-state index is 13.3. The first-order valence-electron chi connectivity index (χ1n) is 11.0. The summed E-state index contributed by atoms with van der Waals surface area (Å²) in [5.41, 5.74) is -0.0179. The number of carbonyl (C=O) groups is 2. The van der Waals surface area contributed by atoms with Crippen LogP contribution >= 0.6 is 0 Å². The van der Waals surface area contributed by atoms with Gasteiger partial charge in [-0.1, -0.05) is 6.07 Å². The number of ether oxygens (including phenoxy) is 3. The molecule has 166 valence electrons. The molecule has 0 saturated heterocycles. The quantitative estimate of drug-likeness (QED) is 0.591. The summed E-state index contributed by atoms with van der Waals surface area (Å²) in [4.78, 5) is 27.9. The summed E-state index contributed by atoms with van der Waals surface area (Å²) in [5, 5.41) is 9.16. The molecule has 7 nitrogen and oxygen atoms in total. The normalized spacial score (nSPS) is 28.0. The largest absolute Gasteiger partial charge is 0.496 e. The van der Waals surface area contributed by atoms with Crippen LogP contribution in [0.4, 0.5) is 0 Å². The first-order valence-corrected chi connectivity index (χ1v) is 11.0. The van der Waals surface area contributed by atoms with E-state index in [0.29, 0.717) is 35.8 Å². The molecular formula is C24H30N2O5. The molecule has 4 bridgehead atoms. The van der Waals surface area contributed by atoms with E-state index in [1.54, 1.807) is 18.2 Å². The minimum Gasteiger partial charge on any atom is -0.496 e. The van der Waals surface area contributed by atoms with Crippen molar-refractivity contribution < 1.29 is 23.8 Å². The lowest BCUT2D eigenvalue weighted by molar-refractivity contribution is -0.153. The van der Waals surface area contributed by atoms with Gasteiger partial charge in [-0.3, -0.25) is 4.79 Å². The average Bonchev–Trinajstić information content (AvgIpc) is 2.76. The van der Waals surface area contributed by atoms with Gasteiger partial charge in [0.05, 0.1) is 26.7 Å². The molecule has 7 heteroatoms. The van der Waals surface area contributed by atoms with E-state index in [1.165, 1.54) is 33.5 Å². The zero-order valence-corrected chi connectivity index (χ0v) is 18.3. The fourth-order valence-electron chi connectivity index (χ4n) is 6.51. The predicted octanol–water partition coefficient (Wildman–Crippen LogP) is 3.57. The third kappa shape index (κ3) is 4.08. The molecular weight excluding hydrogens is 396 g/mol. The summed E-state index contributed by atoms with van der Waals surface area (Å²) in [5.74, 6) is 1.79. The Bertz CT molecular complexity index is 833. The molecule has 4 fully saturated rings. The smallest absolute Gasteiger partial charge is 0.346 e. The predicted molar refractivity (Wildman–Crippen MR) is 113 cm³/mol. The molecule has 4 saturated carbocycles. The van der Waals surface area contributed by atoms with Gasteiger partial charge >= 0.3 is 5.97 Å². The lowest BCUT2D eigenvalue weighted by atomic mass is 9.52. The number of esters is 1. The van der Waals surface area contributed by atoms with Crippen LogP contribution in [-0.2, 0) is 9.53 Å². The molecule has 0 aromatic heterocycles. The molecule has 0 N–H and O–H groups in total. The van der Waals surface area contributed by atoms with Crippen molar-refractivity contribution in [2.45, 2.75) is 50.5 Å². The van der Waals surface area contributed by atoms with Crippen LogP contribution in [0.1, 0.15) is 55.3 Å². The molecule has 4 aliphatic carbocycles. The zero-order valence-electron chi connectivity index (χ0n) is 18.3. The highest BCUT2D eigenvalue weighted by atomic mass is 16.5. The third-order valence-corrected chi connectivity index (χ3v) is 7.29. The second-order valence-electron chi connectivity index (χ2n) is 9.21. The number of hydrogen-bond acceptors (Lipinski definition) is 6. The molecule has 0 spiro atoms. The van der Waals surface area contributed by atoms with Crippen molar-refractivity contribution in [3.8, 4) is 17.6 Å². The Balaban J connectivity index is 1.49. The van der Waals surface area contributed by atoms with Gasteiger partial charge in [0.25, 0.3) is 5.91 Å². The van der Waals surface area contributed by atoms with E-state index in [4.69, 9.17) is 19.5 Å². The van der Waals surface area contributed by atoms with E-state index < -0.39 is 5.97 Å². The van der Waals surface area contributed by atoms with Gasteiger partial charge in [0, 0.05) is 12.1 Å². The molecule has 0 atom stereocenters. The molecule has 1 aromatic carbocycles. The van der Waals surface area contributed by atoms with E-state index in [1.807, 2.05) is 4.90 Å². The zero-order chi connectivity index (χ0) is 22.0. The number of amides is 1. The minimum absolute atomic E-state index is 0.165. The van der Waals surface area contributed by atoms with Crippen LogP contribution in [0.5, 0.6) is 11.5 Å². The number of rotatable bonds is 8. The summed E-state index contributed by atoms with van der Waals surface area (Å²) < 4.78 is 16.0. The Morgan fingerprint density at radius 3 is 2.10 bits per heavy atom. The average molecular weight is 427 g/mol. The number of hydrogen-bond donors (Lipinski definition) is 0. The lowest BCUT2D eigenvalue weighted by Crippen LogP contribution is -2.62. The van der Waals surface area contributed by atoms with Gasteiger partial charge in [-0.05, 0) is 68.4 Å². The molecule has 1 amide bonds. The van der Waals surface area contributed by atoms with Crippen LogP contribution in [0.25, 0.3) is 0 Å². The first kappa shape index (κ1) is 21.5. The van der Waals surface area contributed by atoms with E-state index in [9.17, 15) is 9.59 Å². The Labute approximate surface area is 183 Å². The topological polar surface area (TPSA) is 88.9 Å². The molecule has 31 heavy (non-hydrogen) atoms. The minimum atomic E-state index is -0.659. The summed E-state index contributed by atoms with van der Waals surface area (Å²) in [6.45, 7) is 0.0320.